The molecule has 0 atom stereocenters. The number of thioether (sulfide) groups is 1. The van der Waals surface area contributed by atoms with Crippen molar-refractivity contribution in [3.05, 3.63) is 63.5 Å². The highest BCUT2D eigenvalue weighted by molar-refractivity contribution is 8.26. The molecule has 0 radical (unpaired) electrons. The average molecular weight is 420 g/mol. The molecule has 1 aliphatic heterocycles. The van der Waals surface area contributed by atoms with Crippen LogP contribution in [0, 0.1) is 6.92 Å². The molecule has 4 nitrogen and oxygen atoms in total. The zero-order valence-electron chi connectivity index (χ0n) is 14.9. The highest BCUT2D eigenvalue weighted by Crippen LogP contribution is 2.33. The molecular formula is C20H18ClNO3S2. The summed E-state index contributed by atoms with van der Waals surface area (Å²) in [6.07, 6.45) is 1.81. The summed E-state index contributed by atoms with van der Waals surface area (Å²) >= 11 is 12.5. The molecule has 140 valence electrons. The van der Waals surface area contributed by atoms with E-state index in [0.717, 1.165) is 16.9 Å². The summed E-state index contributed by atoms with van der Waals surface area (Å²) in [4.78, 5) is 14.2. The number of para-hydroxylation sites is 1. The predicted molar refractivity (Wildman–Crippen MR) is 115 cm³/mol. The van der Waals surface area contributed by atoms with Crippen LogP contribution in [0.5, 0.6) is 11.5 Å². The Morgan fingerprint density at radius 3 is 2.63 bits per heavy atom. The minimum atomic E-state index is -0.0961. The van der Waals surface area contributed by atoms with Gasteiger partial charge in [-0.3, -0.25) is 9.69 Å². The number of rotatable bonds is 6. The van der Waals surface area contributed by atoms with E-state index in [-0.39, 0.29) is 5.91 Å². The van der Waals surface area contributed by atoms with Gasteiger partial charge in [-0.05, 0) is 42.8 Å². The number of hydrogen-bond donors (Lipinski definition) is 0. The van der Waals surface area contributed by atoms with Crippen LogP contribution in [0.4, 0.5) is 0 Å². The lowest BCUT2D eigenvalue weighted by atomic mass is 10.2. The van der Waals surface area contributed by atoms with Crippen LogP contribution in [-0.4, -0.2) is 35.4 Å². The van der Waals surface area contributed by atoms with Crippen LogP contribution >= 0.6 is 35.6 Å². The molecule has 0 aliphatic carbocycles. The van der Waals surface area contributed by atoms with E-state index in [2.05, 4.69) is 0 Å². The molecule has 1 aliphatic rings. The molecule has 0 unspecified atom stereocenters. The van der Waals surface area contributed by atoms with E-state index in [0.29, 0.717) is 33.2 Å². The Hall–Kier alpha value is -2.02. The van der Waals surface area contributed by atoms with E-state index >= 15 is 0 Å². The van der Waals surface area contributed by atoms with Gasteiger partial charge in [-0.1, -0.05) is 53.8 Å². The number of carbonyl (C=O) groups is 1. The summed E-state index contributed by atoms with van der Waals surface area (Å²) in [5.74, 6) is 1.34. The summed E-state index contributed by atoms with van der Waals surface area (Å²) in [6, 6.07) is 13.1. The Labute approximate surface area is 173 Å². The molecular weight excluding hydrogens is 402 g/mol. The molecule has 27 heavy (non-hydrogen) atoms. The number of nitrogens with zero attached hydrogens (tertiary/aromatic N) is 1. The third-order valence-corrected chi connectivity index (χ3v) is 5.84. The molecule has 0 saturated carbocycles. The highest BCUT2D eigenvalue weighted by Gasteiger charge is 2.28. The Bertz CT molecular complexity index is 914. The zero-order valence-corrected chi connectivity index (χ0v) is 17.3. The number of halogens is 1. The smallest absolute Gasteiger partial charge is 0.265 e. The first-order valence-electron chi connectivity index (χ1n) is 8.28. The van der Waals surface area contributed by atoms with Gasteiger partial charge in [-0.15, -0.1) is 0 Å². The minimum absolute atomic E-state index is 0.0961. The van der Waals surface area contributed by atoms with E-state index in [1.165, 1.54) is 16.7 Å². The number of carbonyl (C=O) groups excluding carboxylic acids is 1. The van der Waals surface area contributed by atoms with E-state index in [1.54, 1.807) is 7.05 Å². The maximum Gasteiger partial charge on any atom is 0.265 e. The lowest BCUT2D eigenvalue weighted by Crippen LogP contribution is -2.22. The van der Waals surface area contributed by atoms with Crippen molar-refractivity contribution in [1.29, 1.82) is 0 Å². The molecule has 0 N–H and O–H groups in total. The first kappa shape index (κ1) is 19.7. The van der Waals surface area contributed by atoms with Crippen molar-refractivity contribution in [2.45, 2.75) is 6.92 Å². The van der Waals surface area contributed by atoms with Gasteiger partial charge in [0.1, 0.15) is 29.0 Å². The first-order chi connectivity index (χ1) is 13.0. The standard InChI is InChI=1S/C20H18ClNO3S2/c1-13-11-15(7-8-16(13)21)24-9-10-25-17-6-4-3-5-14(17)12-18-19(23)22(2)20(26)27-18/h3-8,11-12H,9-10H2,1-2H3/b18-12+. The second-order valence-electron chi connectivity index (χ2n) is 5.89. The second kappa shape index (κ2) is 8.78. The number of likely N-dealkylation sites (N-methyl/N-ethyl adjacent to an activating group) is 1. The molecule has 0 spiro atoms. The third-order valence-electron chi connectivity index (χ3n) is 3.93. The number of amides is 1. The van der Waals surface area contributed by atoms with Crippen molar-refractivity contribution in [2.75, 3.05) is 20.3 Å². The fraction of sp³-hybridized carbons (Fsp3) is 0.200. The van der Waals surface area contributed by atoms with Crippen LogP contribution < -0.4 is 9.47 Å². The number of hydrogen-bond acceptors (Lipinski definition) is 5. The molecule has 3 rings (SSSR count). The number of ether oxygens (including phenoxy) is 2. The normalized spacial score (nSPS) is 15.5. The van der Waals surface area contributed by atoms with E-state index in [1.807, 2.05) is 55.5 Å². The van der Waals surface area contributed by atoms with Crippen molar-refractivity contribution < 1.29 is 14.3 Å². The monoisotopic (exact) mass is 419 g/mol. The average Bonchev–Trinajstić information content (AvgIpc) is 2.89. The van der Waals surface area contributed by atoms with E-state index in [9.17, 15) is 4.79 Å². The molecule has 0 bridgehead atoms. The lowest BCUT2D eigenvalue weighted by Gasteiger charge is -2.11. The SMILES string of the molecule is Cc1cc(OCCOc2ccccc2/C=C2/SC(=S)N(C)C2=O)ccc1Cl. The highest BCUT2D eigenvalue weighted by atomic mass is 35.5. The van der Waals surface area contributed by atoms with Crippen molar-refractivity contribution >= 4 is 51.9 Å². The van der Waals surface area contributed by atoms with Crippen molar-refractivity contribution in [3.63, 3.8) is 0 Å². The fourth-order valence-electron chi connectivity index (χ4n) is 2.44. The topological polar surface area (TPSA) is 38.8 Å². The zero-order chi connectivity index (χ0) is 19.4. The molecule has 1 amide bonds. The van der Waals surface area contributed by atoms with Crippen LogP contribution in [0.3, 0.4) is 0 Å². The number of aryl methyl sites for hydroxylation is 1. The van der Waals surface area contributed by atoms with Crippen LogP contribution in [0.1, 0.15) is 11.1 Å². The van der Waals surface area contributed by atoms with Gasteiger partial charge in [-0.2, -0.15) is 0 Å². The van der Waals surface area contributed by atoms with Gasteiger partial charge >= 0.3 is 0 Å². The van der Waals surface area contributed by atoms with Gasteiger partial charge in [-0.25, -0.2) is 0 Å². The molecule has 1 fully saturated rings. The third kappa shape index (κ3) is 4.83. The summed E-state index contributed by atoms with van der Waals surface area (Å²) < 4.78 is 12.1. The van der Waals surface area contributed by atoms with Crippen LogP contribution in [0.25, 0.3) is 6.08 Å². The van der Waals surface area contributed by atoms with Crippen LogP contribution in [0.15, 0.2) is 47.4 Å². The Kier molecular flexibility index (Phi) is 6.42. The van der Waals surface area contributed by atoms with Gasteiger partial charge in [0.25, 0.3) is 5.91 Å². The lowest BCUT2D eigenvalue weighted by molar-refractivity contribution is -0.121. The van der Waals surface area contributed by atoms with Gasteiger partial charge in [0.15, 0.2) is 0 Å². The Morgan fingerprint density at radius 1 is 1.19 bits per heavy atom. The van der Waals surface area contributed by atoms with Gasteiger partial charge in [0.05, 0.1) is 4.91 Å². The van der Waals surface area contributed by atoms with Crippen molar-refractivity contribution in [1.82, 2.24) is 4.90 Å². The van der Waals surface area contributed by atoms with E-state index in [4.69, 9.17) is 33.3 Å². The minimum Gasteiger partial charge on any atom is -0.490 e. The largest absolute Gasteiger partial charge is 0.490 e. The number of thiocarbonyl (C=S) groups is 1. The van der Waals surface area contributed by atoms with Gasteiger partial charge in [0.2, 0.25) is 0 Å². The quantitative estimate of drug-likeness (QED) is 0.377. The van der Waals surface area contributed by atoms with Crippen molar-refractivity contribution in [3.8, 4) is 11.5 Å². The Balaban J connectivity index is 1.62. The predicted octanol–water partition coefficient (Wildman–Crippen LogP) is 4.94. The molecule has 2 aromatic rings. The molecule has 2 aromatic carbocycles. The molecule has 1 saturated heterocycles. The fourth-order valence-corrected chi connectivity index (χ4v) is 3.72. The number of benzene rings is 2. The van der Waals surface area contributed by atoms with Gasteiger partial charge < -0.3 is 9.47 Å². The van der Waals surface area contributed by atoms with Gasteiger partial charge in [0, 0.05) is 17.6 Å². The second-order valence-corrected chi connectivity index (χ2v) is 7.97. The maximum absolute atomic E-state index is 12.2. The summed E-state index contributed by atoms with van der Waals surface area (Å²) in [5.41, 5.74) is 1.79. The first-order valence-corrected chi connectivity index (χ1v) is 9.88. The summed E-state index contributed by atoms with van der Waals surface area (Å²) in [5, 5.41) is 0.713. The summed E-state index contributed by atoms with van der Waals surface area (Å²) in [7, 11) is 1.68. The van der Waals surface area contributed by atoms with Crippen LogP contribution in [0.2, 0.25) is 5.02 Å². The molecule has 0 aromatic heterocycles. The molecule has 7 heteroatoms. The molecule has 1 heterocycles. The van der Waals surface area contributed by atoms with E-state index < -0.39 is 0 Å². The summed E-state index contributed by atoms with van der Waals surface area (Å²) in [6.45, 7) is 2.70. The van der Waals surface area contributed by atoms with Crippen molar-refractivity contribution in [2.24, 2.45) is 0 Å². The van der Waals surface area contributed by atoms with Crippen LogP contribution in [-0.2, 0) is 4.79 Å². The maximum atomic E-state index is 12.2. The Morgan fingerprint density at radius 2 is 1.93 bits per heavy atom.